The molecule has 0 bridgehead atoms. The second-order valence-electron chi connectivity index (χ2n) is 7.31. The highest BCUT2D eigenvalue weighted by atomic mass is 32.1. The molecule has 0 amide bonds. The van der Waals surface area contributed by atoms with Crippen molar-refractivity contribution in [1.29, 1.82) is 0 Å². The van der Waals surface area contributed by atoms with Crippen LogP contribution >= 0.6 is 11.3 Å². The minimum atomic E-state index is 0.423. The topological polar surface area (TPSA) is 15.3 Å². The quantitative estimate of drug-likeness (QED) is 0.829. The number of hydrogen-bond acceptors (Lipinski definition) is 3. The van der Waals surface area contributed by atoms with Gasteiger partial charge in [-0.1, -0.05) is 33.3 Å². The lowest BCUT2D eigenvalue weighted by atomic mass is 9.67. The van der Waals surface area contributed by atoms with Gasteiger partial charge in [0.25, 0.3) is 0 Å². The summed E-state index contributed by atoms with van der Waals surface area (Å²) in [6, 6.07) is 5.60. The molecular weight excluding hydrogens is 276 g/mol. The highest BCUT2D eigenvalue weighted by molar-refractivity contribution is 7.10. The van der Waals surface area contributed by atoms with E-state index < -0.39 is 0 Å². The van der Waals surface area contributed by atoms with Gasteiger partial charge < -0.3 is 5.32 Å². The molecule has 1 N–H and O–H groups in total. The van der Waals surface area contributed by atoms with Gasteiger partial charge in [0.05, 0.1) is 0 Å². The average molecular weight is 309 g/mol. The Morgan fingerprint density at radius 2 is 2.24 bits per heavy atom. The van der Waals surface area contributed by atoms with Gasteiger partial charge in [-0.2, -0.15) is 0 Å². The van der Waals surface area contributed by atoms with Crippen molar-refractivity contribution in [3.05, 3.63) is 22.4 Å². The van der Waals surface area contributed by atoms with Crippen molar-refractivity contribution < 1.29 is 0 Å². The van der Waals surface area contributed by atoms with Gasteiger partial charge in [-0.05, 0) is 56.1 Å². The Bertz CT molecular complexity index is 413. The van der Waals surface area contributed by atoms with E-state index in [0.717, 1.165) is 12.5 Å². The van der Waals surface area contributed by atoms with Crippen molar-refractivity contribution in [2.75, 3.05) is 20.1 Å². The van der Waals surface area contributed by atoms with E-state index in [1.807, 2.05) is 11.3 Å². The summed E-state index contributed by atoms with van der Waals surface area (Å²) in [4.78, 5) is 4.02. The fraction of sp³-hybridized carbons (Fsp3) is 0.778. The molecule has 3 atom stereocenters. The van der Waals surface area contributed by atoms with Crippen molar-refractivity contribution in [1.82, 2.24) is 10.2 Å². The van der Waals surface area contributed by atoms with Gasteiger partial charge in [-0.15, -0.1) is 11.3 Å². The Morgan fingerprint density at radius 1 is 1.48 bits per heavy atom. The zero-order chi connectivity index (χ0) is 15.5. The third kappa shape index (κ3) is 4.08. The summed E-state index contributed by atoms with van der Waals surface area (Å²) in [5.74, 6) is 0.765. The molecule has 2 rings (SSSR count). The van der Waals surface area contributed by atoms with Crippen LogP contribution in [0.1, 0.15) is 57.9 Å². The molecule has 1 aliphatic rings. The minimum absolute atomic E-state index is 0.423. The Labute approximate surface area is 134 Å². The van der Waals surface area contributed by atoms with E-state index in [4.69, 9.17) is 0 Å². The van der Waals surface area contributed by atoms with Crippen molar-refractivity contribution in [3.8, 4) is 0 Å². The van der Waals surface area contributed by atoms with E-state index in [1.165, 1.54) is 30.7 Å². The van der Waals surface area contributed by atoms with Gasteiger partial charge in [0, 0.05) is 23.5 Å². The predicted octanol–water partition coefficient (Wildman–Crippen LogP) is 4.55. The van der Waals surface area contributed by atoms with Crippen LogP contribution in [0.5, 0.6) is 0 Å². The van der Waals surface area contributed by atoms with Crippen LogP contribution in [-0.2, 0) is 0 Å². The molecule has 2 nitrogen and oxygen atoms in total. The first-order valence-electron chi connectivity index (χ1n) is 8.42. The van der Waals surface area contributed by atoms with Crippen molar-refractivity contribution in [2.24, 2.45) is 11.3 Å². The first kappa shape index (κ1) is 17.0. The van der Waals surface area contributed by atoms with Gasteiger partial charge in [-0.25, -0.2) is 0 Å². The molecule has 1 aliphatic carbocycles. The summed E-state index contributed by atoms with van der Waals surface area (Å²) < 4.78 is 0. The number of nitrogens with zero attached hydrogens (tertiary/aromatic N) is 1. The maximum absolute atomic E-state index is 3.78. The van der Waals surface area contributed by atoms with Crippen LogP contribution in [0, 0.1) is 11.3 Å². The van der Waals surface area contributed by atoms with Gasteiger partial charge in [-0.3, -0.25) is 4.90 Å². The van der Waals surface area contributed by atoms with E-state index in [1.54, 1.807) is 0 Å². The molecule has 1 fully saturated rings. The average Bonchev–Trinajstić information content (AvgIpc) is 2.95. The first-order valence-corrected chi connectivity index (χ1v) is 9.30. The number of rotatable bonds is 6. The molecule has 0 radical (unpaired) electrons. The standard InChI is InChI=1S/C18H32N2S/c1-6-19-17-15(9-7-11-18(17,3)4)13-20(5)14(2)16-10-8-12-21-16/h8,10,12,14-15,17,19H,6-7,9,11,13H2,1-5H3. The van der Waals surface area contributed by atoms with E-state index >= 15 is 0 Å². The third-order valence-electron chi connectivity index (χ3n) is 5.27. The summed E-state index contributed by atoms with van der Waals surface area (Å²) >= 11 is 1.87. The van der Waals surface area contributed by atoms with Gasteiger partial charge in [0.15, 0.2) is 0 Å². The summed E-state index contributed by atoms with van der Waals surface area (Å²) in [5, 5.41) is 5.97. The Kier molecular flexibility index (Phi) is 5.87. The van der Waals surface area contributed by atoms with Crippen molar-refractivity contribution >= 4 is 11.3 Å². The van der Waals surface area contributed by atoms with Crippen molar-refractivity contribution in [3.63, 3.8) is 0 Å². The molecule has 3 heteroatoms. The Morgan fingerprint density at radius 3 is 2.86 bits per heavy atom. The zero-order valence-electron chi connectivity index (χ0n) is 14.4. The van der Waals surface area contributed by atoms with Crippen LogP contribution in [0.25, 0.3) is 0 Å². The van der Waals surface area contributed by atoms with Crippen LogP contribution in [0.4, 0.5) is 0 Å². The predicted molar refractivity (Wildman–Crippen MR) is 94.0 cm³/mol. The molecule has 21 heavy (non-hydrogen) atoms. The number of nitrogens with one attached hydrogen (secondary N) is 1. The molecule has 0 saturated heterocycles. The molecule has 1 heterocycles. The van der Waals surface area contributed by atoms with Crippen LogP contribution in [-0.4, -0.2) is 31.1 Å². The Hall–Kier alpha value is -0.380. The molecule has 0 aliphatic heterocycles. The molecule has 0 spiro atoms. The molecule has 1 saturated carbocycles. The van der Waals surface area contributed by atoms with E-state index in [-0.39, 0.29) is 0 Å². The van der Waals surface area contributed by atoms with Crippen molar-refractivity contribution in [2.45, 2.75) is 59.0 Å². The molecule has 0 aromatic carbocycles. The molecule has 3 unspecified atom stereocenters. The van der Waals surface area contributed by atoms with E-state index in [2.05, 4.69) is 62.5 Å². The van der Waals surface area contributed by atoms with Gasteiger partial charge >= 0.3 is 0 Å². The SMILES string of the molecule is CCNC1C(CN(C)C(C)c2cccs2)CCCC1(C)C. The maximum Gasteiger partial charge on any atom is 0.0410 e. The monoisotopic (exact) mass is 308 g/mol. The lowest BCUT2D eigenvalue weighted by Gasteiger charge is -2.46. The molecule has 1 aromatic heterocycles. The van der Waals surface area contributed by atoms with Gasteiger partial charge in [0.2, 0.25) is 0 Å². The van der Waals surface area contributed by atoms with Crippen LogP contribution in [0.2, 0.25) is 0 Å². The van der Waals surface area contributed by atoms with E-state index in [9.17, 15) is 0 Å². The summed E-state index contributed by atoms with van der Waals surface area (Å²) in [7, 11) is 2.29. The van der Waals surface area contributed by atoms with Crippen LogP contribution in [0.3, 0.4) is 0 Å². The smallest absolute Gasteiger partial charge is 0.0410 e. The molecular formula is C18H32N2S. The van der Waals surface area contributed by atoms with Crippen LogP contribution in [0.15, 0.2) is 17.5 Å². The number of thiophene rings is 1. The normalized spacial score (nSPS) is 27.0. The third-order valence-corrected chi connectivity index (χ3v) is 6.31. The number of hydrogen-bond donors (Lipinski definition) is 1. The minimum Gasteiger partial charge on any atom is -0.313 e. The highest BCUT2D eigenvalue weighted by Crippen LogP contribution is 2.40. The maximum atomic E-state index is 3.78. The summed E-state index contributed by atoms with van der Waals surface area (Å²) in [6.07, 6.45) is 4.09. The van der Waals surface area contributed by atoms with Gasteiger partial charge in [0.1, 0.15) is 0 Å². The fourth-order valence-electron chi connectivity index (χ4n) is 3.91. The molecule has 1 aromatic rings. The molecule has 120 valence electrons. The Balaban J connectivity index is 2.02. The lowest BCUT2D eigenvalue weighted by molar-refractivity contribution is 0.0776. The highest BCUT2D eigenvalue weighted by Gasteiger charge is 2.38. The summed E-state index contributed by atoms with van der Waals surface area (Å²) in [6.45, 7) is 11.7. The first-order chi connectivity index (χ1) is 9.95. The van der Waals surface area contributed by atoms with E-state index in [0.29, 0.717) is 17.5 Å². The fourth-order valence-corrected chi connectivity index (χ4v) is 4.76. The zero-order valence-corrected chi connectivity index (χ0v) is 15.2. The second kappa shape index (κ2) is 7.26. The lowest BCUT2D eigenvalue weighted by Crippen LogP contribution is -2.52. The largest absolute Gasteiger partial charge is 0.313 e. The second-order valence-corrected chi connectivity index (χ2v) is 8.29. The summed E-state index contributed by atoms with van der Waals surface area (Å²) in [5.41, 5.74) is 0.423. The van der Waals surface area contributed by atoms with Crippen LogP contribution < -0.4 is 5.32 Å².